The average molecular weight is 461 g/mol. The lowest BCUT2D eigenvalue weighted by Crippen LogP contribution is -2.40. The van der Waals surface area contributed by atoms with E-state index in [4.69, 9.17) is 0 Å². The summed E-state index contributed by atoms with van der Waals surface area (Å²) >= 11 is 0. The molecule has 0 aliphatic carbocycles. The Morgan fingerprint density at radius 3 is 2.25 bits per heavy atom. The molecule has 1 saturated heterocycles. The van der Waals surface area contributed by atoms with Crippen molar-refractivity contribution in [2.24, 2.45) is 5.92 Å². The van der Waals surface area contributed by atoms with E-state index in [-0.39, 0.29) is 11.8 Å². The predicted molar refractivity (Wildman–Crippen MR) is 128 cm³/mol. The highest BCUT2D eigenvalue weighted by molar-refractivity contribution is 7.88. The molecule has 10 heteroatoms. The highest BCUT2D eigenvalue weighted by atomic mass is 32.2. The van der Waals surface area contributed by atoms with Gasteiger partial charge in [-0.05, 0) is 57.9 Å². The van der Waals surface area contributed by atoms with Crippen LogP contribution in [0.2, 0.25) is 0 Å². The van der Waals surface area contributed by atoms with Crippen LogP contribution in [0.1, 0.15) is 32.5 Å². The molecule has 1 aromatic carbocycles. The maximum absolute atomic E-state index is 12.6. The van der Waals surface area contributed by atoms with E-state index in [0.29, 0.717) is 43.3 Å². The Hall–Kier alpha value is -2.72. The lowest BCUT2D eigenvalue weighted by atomic mass is 9.97. The molecule has 0 saturated carbocycles. The van der Waals surface area contributed by atoms with E-state index in [2.05, 4.69) is 39.3 Å². The third-order valence-electron chi connectivity index (χ3n) is 5.63. The Kier molecular flexibility index (Phi) is 7.68. The number of carbonyl (C=O) groups is 1. The molecular weight excluding hydrogens is 428 g/mol. The number of aryl methyl sites for hydroxylation is 1. The van der Waals surface area contributed by atoms with Crippen LogP contribution in [0.3, 0.4) is 0 Å². The fourth-order valence-corrected chi connectivity index (χ4v) is 4.68. The molecule has 9 nitrogen and oxygen atoms in total. The van der Waals surface area contributed by atoms with Crippen LogP contribution < -0.4 is 15.5 Å². The maximum atomic E-state index is 12.6. The fraction of sp³-hybridized carbons (Fsp3) is 0.500. The van der Waals surface area contributed by atoms with Crippen molar-refractivity contribution in [3.8, 4) is 0 Å². The lowest BCUT2D eigenvalue weighted by molar-refractivity contribution is -0.120. The van der Waals surface area contributed by atoms with Gasteiger partial charge in [-0.2, -0.15) is 0 Å². The molecule has 174 valence electrons. The first-order valence-electron chi connectivity index (χ1n) is 10.9. The van der Waals surface area contributed by atoms with Crippen molar-refractivity contribution in [1.82, 2.24) is 14.3 Å². The molecule has 1 fully saturated rings. The first-order chi connectivity index (χ1) is 15.2. The SMILES string of the molecule is CCN(CC)c1cc(Nc2ccc(NC(=O)C3CCN(S(C)(=O)=O)CC3)cc2)nc(C)n1. The van der Waals surface area contributed by atoms with Crippen molar-refractivity contribution >= 4 is 38.9 Å². The normalized spacial score (nSPS) is 15.4. The van der Waals surface area contributed by atoms with E-state index in [1.165, 1.54) is 10.6 Å². The van der Waals surface area contributed by atoms with Crippen LogP contribution in [-0.2, 0) is 14.8 Å². The number of sulfonamides is 1. The van der Waals surface area contributed by atoms with Crippen molar-refractivity contribution < 1.29 is 13.2 Å². The standard InChI is InChI=1S/C22H32N6O3S/c1-5-27(6-2)21-15-20(23-16(3)24-21)25-18-7-9-19(10-8-18)26-22(29)17-11-13-28(14-12-17)32(4,30)31/h7-10,15,17H,5-6,11-14H2,1-4H3,(H,26,29)(H,23,24,25). The molecular formula is C22H32N6O3S. The van der Waals surface area contributed by atoms with Crippen molar-refractivity contribution in [2.75, 3.05) is 48.0 Å². The molecule has 1 aliphatic rings. The van der Waals surface area contributed by atoms with Crippen LogP contribution in [0.25, 0.3) is 0 Å². The van der Waals surface area contributed by atoms with Gasteiger partial charge in [-0.3, -0.25) is 4.79 Å². The van der Waals surface area contributed by atoms with Crippen LogP contribution >= 0.6 is 0 Å². The zero-order chi connectivity index (χ0) is 23.3. The van der Waals surface area contributed by atoms with Crippen LogP contribution in [0.15, 0.2) is 30.3 Å². The van der Waals surface area contributed by atoms with Gasteiger partial charge in [0.15, 0.2) is 0 Å². The van der Waals surface area contributed by atoms with Gasteiger partial charge in [0.05, 0.1) is 6.26 Å². The molecule has 1 aromatic heterocycles. The Morgan fingerprint density at radius 2 is 1.69 bits per heavy atom. The first kappa shape index (κ1) is 23.9. The number of hydrogen-bond acceptors (Lipinski definition) is 7. The number of hydrogen-bond donors (Lipinski definition) is 2. The minimum Gasteiger partial charge on any atom is -0.357 e. The maximum Gasteiger partial charge on any atom is 0.227 e. The van der Waals surface area contributed by atoms with E-state index in [1.807, 2.05) is 37.3 Å². The Balaban J connectivity index is 1.59. The predicted octanol–water partition coefficient (Wildman–Crippen LogP) is 2.98. The summed E-state index contributed by atoms with van der Waals surface area (Å²) in [5, 5.41) is 6.24. The second kappa shape index (κ2) is 10.3. The van der Waals surface area contributed by atoms with Gasteiger partial charge < -0.3 is 15.5 Å². The topological polar surface area (TPSA) is 108 Å². The summed E-state index contributed by atoms with van der Waals surface area (Å²) in [7, 11) is -3.20. The van der Waals surface area contributed by atoms with Crippen LogP contribution in [0, 0.1) is 12.8 Å². The molecule has 0 unspecified atom stereocenters. The number of nitrogens with one attached hydrogen (secondary N) is 2. The Morgan fingerprint density at radius 1 is 1.09 bits per heavy atom. The largest absolute Gasteiger partial charge is 0.357 e. The molecule has 2 N–H and O–H groups in total. The molecule has 0 bridgehead atoms. The zero-order valence-corrected chi connectivity index (χ0v) is 19.9. The lowest BCUT2D eigenvalue weighted by Gasteiger charge is -2.29. The van der Waals surface area contributed by atoms with E-state index < -0.39 is 10.0 Å². The number of nitrogens with zero attached hydrogens (tertiary/aromatic N) is 4. The molecule has 2 aromatic rings. The zero-order valence-electron chi connectivity index (χ0n) is 19.1. The quantitative estimate of drug-likeness (QED) is 0.623. The third-order valence-corrected chi connectivity index (χ3v) is 6.93. The summed E-state index contributed by atoms with van der Waals surface area (Å²) in [4.78, 5) is 23.7. The van der Waals surface area contributed by atoms with Gasteiger partial charge in [-0.25, -0.2) is 22.7 Å². The fourth-order valence-electron chi connectivity index (χ4n) is 3.80. The van der Waals surface area contributed by atoms with Gasteiger partial charge in [0.1, 0.15) is 17.5 Å². The number of amides is 1. The molecule has 3 rings (SSSR count). The van der Waals surface area contributed by atoms with E-state index in [0.717, 1.165) is 24.6 Å². The summed E-state index contributed by atoms with van der Waals surface area (Å²) in [6, 6.07) is 9.38. The number of rotatable bonds is 8. The summed E-state index contributed by atoms with van der Waals surface area (Å²) in [6.45, 7) is 8.56. The second-order valence-electron chi connectivity index (χ2n) is 7.96. The summed E-state index contributed by atoms with van der Waals surface area (Å²) < 4.78 is 24.7. The summed E-state index contributed by atoms with van der Waals surface area (Å²) in [5.41, 5.74) is 1.56. The van der Waals surface area contributed by atoms with Crippen molar-refractivity contribution in [2.45, 2.75) is 33.6 Å². The van der Waals surface area contributed by atoms with Crippen molar-refractivity contribution in [3.05, 3.63) is 36.2 Å². The molecule has 32 heavy (non-hydrogen) atoms. The van der Waals surface area contributed by atoms with Gasteiger partial charge in [-0.15, -0.1) is 0 Å². The minimum atomic E-state index is -3.20. The van der Waals surface area contributed by atoms with Crippen molar-refractivity contribution in [3.63, 3.8) is 0 Å². The van der Waals surface area contributed by atoms with E-state index in [1.54, 1.807) is 0 Å². The molecule has 0 spiro atoms. The number of piperidine rings is 1. The van der Waals surface area contributed by atoms with Crippen LogP contribution in [0.4, 0.5) is 23.0 Å². The second-order valence-corrected chi connectivity index (χ2v) is 9.94. The highest BCUT2D eigenvalue weighted by Gasteiger charge is 2.28. The summed E-state index contributed by atoms with van der Waals surface area (Å²) in [5.74, 6) is 2.04. The third kappa shape index (κ3) is 6.17. The van der Waals surface area contributed by atoms with E-state index in [9.17, 15) is 13.2 Å². The average Bonchev–Trinajstić information content (AvgIpc) is 2.75. The molecule has 1 aliphatic heterocycles. The Bertz CT molecular complexity index is 1030. The number of anilines is 4. The van der Waals surface area contributed by atoms with Crippen LogP contribution in [0.5, 0.6) is 0 Å². The monoisotopic (exact) mass is 460 g/mol. The minimum absolute atomic E-state index is 0.0749. The first-order valence-corrected chi connectivity index (χ1v) is 12.8. The Labute approximate surface area is 190 Å². The van der Waals surface area contributed by atoms with Gasteiger partial charge in [0.25, 0.3) is 0 Å². The number of aromatic nitrogens is 2. The number of carbonyl (C=O) groups excluding carboxylic acids is 1. The number of benzene rings is 1. The molecule has 0 atom stereocenters. The molecule has 2 heterocycles. The van der Waals surface area contributed by atoms with Gasteiger partial charge >= 0.3 is 0 Å². The van der Waals surface area contributed by atoms with E-state index >= 15 is 0 Å². The van der Waals surface area contributed by atoms with Gasteiger partial charge in [0, 0.05) is 49.5 Å². The summed E-state index contributed by atoms with van der Waals surface area (Å²) in [6.07, 6.45) is 2.26. The highest BCUT2D eigenvalue weighted by Crippen LogP contribution is 2.23. The van der Waals surface area contributed by atoms with Crippen molar-refractivity contribution in [1.29, 1.82) is 0 Å². The van der Waals surface area contributed by atoms with Crippen LogP contribution in [-0.4, -0.2) is 61.0 Å². The van der Waals surface area contributed by atoms with Gasteiger partial charge in [-0.1, -0.05) is 0 Å². The molecule has 1 amide bonds. The molecule has 0 radical (unpaired) electrons. The smallest absolute Gasteiger partial charge is 0.227 e. The van der Waals surface area contributed by atoms with Gasteiger partial charge in [0.2, 0.25) is 15.9 Å².